The van der Waals surface area contributed by atoms with Gasteiger partial charge in [0.05, 0.1) is 22.7 Å². The van der Waals surface area contributed by atoms with E-state index in [2.05, 4.69) is 15.9 Å². The topological polar surface area (TPSA) is 72.9 Å². The van der Waals surface area contributed by atoms with Crippen molar-refractivity contribution in [1.29, 1.82) is 0 Å². The Morgan fingerprint density at radius 3 is 2.15 bits per heavy atom. The van der Waals surface area contributed by atoms with Gasteiger partial charge < -0.3 is 9.47 Å². The van der Waals surface area contributed by atoms with E-state index in [0.29, 0.717) is 18.8 Å². The molecule has 0 radical (unpaired) electrons. The zero-order chi connectivity index (χ0) is 19.6. The number of esters is 1. The molecule has 0 bridgehead atoms. The summed E-state index contributed by atoms with van der Waals surface area (Å²) < 4.78 is 38.8. The highest BCUT2D eigenvalue weighted by molar-refractivity contribution is 9.10. The first-order chi connectivity index (χ1) is 12.8. The van der Waals surface area contributed by atoms with E-state index >= 15 is 0 Å². The van der Waals surface area contributed by atoms with Crippen molar-refractivity contribution < 1.29 is 22.7 Å². The standard InChI is InChI=1S/C19H20BrNO5S/c1-13-11-21(12-14(2)25-13)27(23,24)18-9-3-15(4-10-18)19(22)26-17-7-5-16(20)6-8-17/h3-10,13-14H,11-12H2,1-2H3. The lowest BCUT2D eigenvalue weighted by atomic mass is 10.2. The molecule has 1 aliphatic heterocycles. The van der Waals surface area contributed by atoms with Crippen molar-refractivity contribution in [3.05, 3.63) is 58.6 Å². The second-order valence-electron chi connectivity index (χ2n) is 6.45. The predicted molar refractivity (Wildman–Crippen MR) is 104 cm³/mol. The summed E-state index contributed by atoms with van der Waals surface area (Å²) in [7, 11) is -3.64. The van der Waals surface area contributed by atoms with Gasteiger partial charge in [0.15, 0.2) is 0 Å². The average molecular weight is 454 g/mol. The van der Waals surface area contributed by atoms with Crippen LogP contribution in [0.4, 0.5) is 0 Å². The number of nitrogens with zero attached hydrogens (tertiary/aromatic N) is 1. The minimum atomic E-state index is -3.64. The summed E-state index contributed by atoms with van der Waals surface area (Å²) in [6, 6.07) is 12.6. The predicted octanol–water partition coefficient (Wildman–Crippen LogP) is 3.47. The molecule has 144 valence electrons. The van der Waals surface area contributed by atoms with Gasteiger partial charge in [-0.05, 0) is 62.4 Å². The number of benzene rings is 2. The van der Waals surface area contributed by atoms with Gasteiger partial charge in [0.2, 0.25) is 10.0 Å². The molecule has 27 heavy (non-hydrogen) atoms. The van der Waals surface area contributed by atoms with Crippen LogP contribution in [0.25, 0.3) is 0 Å². The summed E-state index contributed by atoms with van der Waals surface area (Å²) >= 11 is 3.31. The lowest BCUT2D eigenvalue weighted by Crippen LogP contribution is -2.48. The average Bonchev–Trinajstić information content (AvgIpc) is 2.63. The Balaban J connectivity index is 1.74. The molecule has 0 saturated carbocycles. The fourth-order valence-electron chi connectivity index (χ4n) is 2.91. The number of ether oxygens (including phenoxy) is 2. The van der Waals surface area contributed by atoms with Gasteiger partial charge in [0.25, 0.3) is 0 Å². The Morgan fingerprint density at radius 1 is 1.04 bits per heavy atom. The number of carbonyl (C=O) groups excluding carboxylic acids is 1. The van der Waals surface area contributed by atoms with Crippen molar-refractivity contribution in [3.63, 3.8) is 0 Å². The Labute approximate surface area is 167 Å². The molecule has 6 nitrogen and oxygen atoms in total. The first kappa shape index (κ1) is 20.0. The van der Waals surface area contributed by atoms with Crippen LogP contribution in [-0.4, -0.2) is 44.0 Å². The van der Waals surface area contributed by atoms with Gasteiger partial charge in [-0.25, -0.2) is 13.2 Å². The van der Waals surface area contributed by atoms with Crippen molar-refractivity contribution in [2.45, 2.75) is 31.0 Å². The molecule has 0 amide bonds. The highest BCUT2D eigenvalue weighted by Crippen LogP contribution is 2.22. The van der Waals surface area contributed by atoms with Gasteiger partial charge >= 0.3 is 5.97 Å². The molecule has 2 atom stereocenters. The summed E-state index contributed by atoms with van der Waals surface area (Å²) in [4.78, 5) is 12.4. The van der Waals surface area contributed by atoms with Gasteiger partial charge in [0.1, 0.15) is 5.75 Å². The molecule has 8 heteroatoms. The summed E-state index contributed by atoms with van der Waals surface area (Å²) in [6.45, 7) is 4.30. The fourth-order valence-corrected chi connectivity index (χ4v) is 4.76. The summed E-state index contributed by atoms with van der Waals surface area (Å²) in [5, 5.41) is 0. The number of hydrogen-bond acceptors (Lipinski definition) is 5. The number of morpholine rings is 1. The molecule has 0 aromatic heterocycles. The van der Waals surface area contributed by atoms with Gasteiger partial charge in [-0.2, -0.15) is 4.31 Å². The zero-order valence-corrected chi connectivity index (χ0v) is 17.4. The van der Waals surface area contributed by atoms with E-state index in [4.69, 9.17) is 9.47 Å². The summed E-state index contributed by atoms with van der Waals surface area (Å²) in [6.07, 6.45) is -0.327. The van der Waals surface area contributed by atoms with Gasteiger partial charge in [-0.1, -0.05) is 15.9 Å². The third-order valence-electron chi connectivity index (χ3n) is 4.14. The molecular formula is C19H20BrNO5S. The third kappa shape index (κ3) is 4.76. The smallest absolute Gasteiger partial charge is 0.343 e. The highest BCUT2D eigenvalue weighted by atomic mass is 79.9. The van der Waals surface area contributed by atoms with Crippen LogP contribution in [0.1, 0.15) is 24.2 Å². The van der Waals surface area contributed by atoms with E-state index in [1.165, 1.54) is 28.6 Å². The molecule has 1 aliphatic rings. The molecule has 0 spiro atoms. The monoisotopic (exact) mass is 453 g/mol. The van der Waals surface area contributed by atoms with Crippen LogP contribution < -0.4 is 4.74 Å². The third-order valence-corrected chi connectivity index (χ3v) is 6.51. The first-order valence-electron chi connectivity index (χ1n) is 8.49. The second-order valence-corrected chi connectivity index (χ2v) is 9.30. The van der Waals surface area contributed by atoms with Crippen LogP contribution in [0.5, 0.6) is 5.75 Å². The van der Waals surface area contributed by atoms with Gasteiger partial charge in [0, 0.05) is 17.6 Å². The van der Waals surface area contributed by atoms with Crippen molar-refractivity contribution >= 4 is 31.9 Å². The lowest BCUT2D eigenvalue weighted by Gasteiger charge is -2.34. The molecular weight excluding hydrogens is 434 g/mol. The Bertz CT molecular complexity index is 902. The highest BCUT2D eigenvalue weighted by Gasteiger charge is 2.32. The van der Waals surface area contributed by atoms with E-state index in [0.717, 1.165) is 4.47 Å². The van der Waals surface area contributed by atoms with E-state index in [-0.39, 0.29) is 22.7 Å². The maximum absolute atomic E-state index is 12.8. The van der Waals surface area contributed by atoms with Crippen LogP contribution in [-0.2, 0) is 14.8 Å². The van der Waals surface area contributed by atoms with Crippen LogP contribution in [0.3, 0.4) is 0 Å². The zero-order valence-electron chi connectivity index (χ0n) is 15.0. The maximum Gasteiger partial charge on any atom is 0.343 e. The van der Waals surface area contributed by atoms with E-state index in [1.807, 2.05) is 13.8 Å². The number of rotatable bonds is 4. The molecule has 2 aromatic carbocycles. The molecule has 0 aliphatic carbocycles. The van der Waals surface area contributed by atoms with Crippen LogP contribution >= 0.6 is 15.9 Å². The van der Waals surface area contributed by atoms with Crippen molar-refractivity contribution in [1.82, 2.24) is 4.31 Å². The normalized spacial score (nSPS) is 21.0. The molecule has 0 N–H and O–H groups in total. The van der Waals surface area contributed by atoms with Crippen molar-refractivity contribution in [2.24, 2.45) is 0 Å². The summed E-state index contributed by atoms with van der Waals surface area (Å²) in [5.74, 6) is -0.133. The molecule has 3 rings (SSSR count). The number of sulfonamides is 1. The Morgan fingerprint density at radius 2 is 1.59 bits per heavy atom. The van der Waals surface area contributed by atoms with Crippen molar-refractivity contribution in [2.75, 3.05) is 13.1 Å². The summed E-state index contributed by atoms with van der Waals surface area (Å²) in [5.41, 5.74) is 0.278. The SMILES string of the molecule is CC1CN(S(=O)(=O)c2ccc(C(=O)Oc3ccc(Br)cc3)cc2)CC(C)O1. The Kier molecular flexibility index (Phi) is 6.00. The molecule has 1 saturated heterocycles. The van der Waals surface area contributed by atoms with E-state index < -0.39 is 16.0 Å². The molecule has 2 aromatic rings. The maximum atomic E-state index is 12.8. The minimum absolute atomic E-state index is 0.143. The van der Waals surface area contributed by atoms with E-state index in [1.54, 1.807) is 24.3 Å². The largest absolute Gasteiger partial charge is 0.423 e. The van der Waals surface area contributed by atoms with E-state index in [9.17, 15) is 13.2 Å². The number of halogens is 1. The quantitative estimate of drug-likeness (QED) is 0.523. The fraction of sp³-hybridized carbons (Fsp3) is 0.316. The second kappa shape index (κ2) is 8.10. The first-order valence-corrected chi connectivity index (χ1v) is 10.7. The van der Waals surface area contributed by atoms with Crippen molar-refractivity contribution in [3.8, 4) is 5.75 Å². The Hall–Kier alpha value is -1.74. The van der Waals surface area contributed by atoms with Crippen LogP contribution in [0.2, 0.25) is 0 Å². The molecule has 1 heterocycles. The lowest BCUT2D eigenvalue weighted by molar-refractivity contribution is -0.0440. The molecule has 2 unspecified atom stereocenters. The van der Waals surface area contributed by atoms with Crippen LogP contribution in [0, 0.1) is 0 Å². The van der Waals surface area contributed by atoms with Gasteiger partial charge in [-0.15, -0.1) is 0 Å². The minimum Gasteiger partial charge on any atom is -0.423 e. The number of hydrogen-bond donors (Lipinski definition) is 0. The van der Waals surface area contributed by atoms with Gasteiger partial charge in [-0.3, -0.25) is 0 Å². The molecule has 1 fully saturated rings. The number of carbonyl (C=O) groups is 1. The van der Waals surface area contributed by atoms with Crippen LogP contribution in [0.15, 0.2) is 57.9 Å².